The molecule has 0 amide bonds. The maximum Gasteiger partial charge on any atom is 0 e. The Bertz CT molecular complexity index is 3.61. The van der Waals surface area contributed by atoms with E-state index in [2.05, 4.69) is 0 Å². The zero-order chi connectivity index (χ0) is 0. The summed E-state index contributed by atoms with van der Waals surface area (Å²) in [4.78, 5) is 0. The Balaban J connectivity index is 0. The molecular weight excluding hydrogens is 91.0 g/mol. The third-order valence-electron chi connectivity index (χ3n) is 0. The van der Waals surface area contributed by atoms with Gasteiger partial charge < -0.3 is 21.9 Å². The highest BCUT2D eigenvalue weighted by Gasteiger charge is 0.00000783. The van der Waals surface area contributed by atoms with Crippen molar-refractivity contribution in [3.63, 3.8) is 0 Å². The first-order valence-corrected chi connectivity index (χ1v) is 0. The van der Waals surface area contributed by atoms with Crippen LogP contribution in [-0.4, -0.2) is 33.8 Å². The van der Waals surface area contributed by atoms with Crippen molar-refractivity contribution in [3.05, 3.63) is 0 Å². The lowest BCUT2D eigenvalue weighted by atomic mass is 16.0. The van der Waals surface area contributed by atoms with E-state index in [-0.39, 0.29) is 39.3 Å². The molecule has 5 heavy (non-hydrogen) atoms. The lowest BCUT2D eigenvalue weighted by Gasteiger charge is -2.00. The summed E-state index contributed by atoms with van der Waals surface area (Å²) in [6.07, 6.45) is 0. The number of rotatable bonds is 0. The Hall–Kier alpha value is 0.372. The molecule has 0 spiro atoms. The summed E-state index contributed by atoms with van der Waals surface area (Å²) in [5.41, 5.74) is 0. The molecular formula is H6AlO4-2. The second kappa shape index (κ2) is 358. The minimum Gasteiger partial charge on any atom is -2.00 e. The van der Waals surface area contributed by atoms with Gasteiger partial charge in [0.25, 0.3) is 0 Å². The van der Waals surface area contributed by atoms with Crippen molar-refractivity contribution < 1.29 is 21.9 Å². The third kappa shape index (κ3) is 177. The first-order valence-electron chi connectivity index (χ1n) is 0. The van der Waals surface area contributed by atoms with Crippen molar-refractivity contribution in [2.24, 2.45) is 0 Å². The molecule has 0 unspecified atom stereocenters. The molecule has 35 valence electrons. The second-order valence-corrected chi connectivity index (χ2v) is 0. The van der Waals surface area contributed by atoms with Crippen LogP contribution in [0.1, 0.15) is 0 Å². The summed E-state index contributed by atoms with van der Waals surface area (Å²) in [5, 5.41) is 0. The van der Waals surface area contributed by atoms with Gasteiger partial charge in [-0.3, -0.25) is 0 Å². The first kappa shape index (κ1) is 740. The Kier molecular flexibility index (Phi) is 53100. The number of hydrogen-bond acceptors (Lipinski definition) is 0. The molecule has 0 aromatic rings. The summed E-state index contributed by atoms with van der Waals surface area (Å²) in [6.45, 7) is 0. The van der Waals surface area contributed by atoms with E-state index in [0.29, 0.717) is 0 Å². The fraction of sp³-hybridized carbons (Fsp3) is 0. The molecule has 5 heteroatoms. The molecule has 3 radical (unpaired) electrons. The Morgan fingerprint density at radius 2 is 0.600 bits per heavy atom. The van der Waals surface area contributed by atoms with Crippen LogP contribution in [0.4, 0.5) is 0 Å². The lowest BCUT2D eigenvalue weighted by Crippen LogP contribution is -0.381. The smallest absolute Gasteiger partial charge is 0 e. The van der Waals surface area contributed by atoms with Gasteiger partial charge in [0.05, 0.1) is 0 Å². The first-order chi connectivity index (χ1) is 0. The highest BCUT2D eigenvalue weighted by atomic mass is 27.0. The maximum atomic E-state index is 0. The van der Waals surface area contributed by atoms with Gasteiger partial charge in [-0.2, -0.15) is 0 Å². The molecule has 0 aliphatic rings. The topological polar surface area (TPSA) is 123 Å². The van der Waals surface area contributed by atoms with E-state index in [4.69, 9.17) is 0 Å². The average molecular weight is 97.0 g/mol. The van der Waals surface area contributed by atoms with Gasteiger partial charge >= 0.3 is 0 Å². The van der Waals surface area contributed by atoms with Crippen LogP contribution in [0.5, 0.6) is 0 Å². The van der Waals surface area contributed by atoms with Gasteiger partial charge in [-0.15, -0.1) is 0 Å². The molecule has 0 aromatic heterocycles. The highest BCUT2D eigenvalue weighted by Crippen LogP contribution is -0.119. The molecule has 0 bridgehead atoms. The predicted molar refractivity (Wildman–Crippen MR) is 17.3 cm³/mol. The van der Waals surface area contributed by atoms with Crippen molar-refractivity contribution in [1.82, 2.24) is 0 Å². The summed E-state index contributed by atoms with van der Waals surface area (Å²) >= 11 is 0. The van der Waals surface area contributed by atoms with Crippen molar-refractivity contribution in [2.75, 3.05) is 0 Å². The largest absolute Gasteiger partial charge is 2.00 e. The van der Waals surface area contributed by atoms with E-state index >= 15 is 0 Å². The molecule has 0 rings (SSSR count). The van der Waals surface area contributed by atoms with Crippen LogP contribution in [0.25, 0.3) is 0 Å². The minimum atomic E-state index is 0. The van der Waals surface area contributed by atoms with Gasteiger partial charge in [-0.1, -0.05) is 0 Å². The maximum absolute atomic E-state index is 0. The lowest BCUT2D eigenvalue weighted by molar-refractivity contribution is 0.686. The number of hydrogen-bond donors (Lipinski definition) is 0. The quantitative estimate of drug-likeness (QED) is 0.286. The standard InChI is InChI=1S/Al.3H2O.O/h;3*1H2;/q;;;;-2. The molecule has 0 saturated heterocycles. The monoisotopic (exact) mass is 97.0 g/mol. The molecule has 0 aliphatic carbocycles. The van der Waals surface area contributed by atoms with E-state index in [9.17, 15) is 0 Å². The predicted octanol–water partition coefficient (Wildman–Crippen LogP) is -2.97. The molecule has 6 N–H and O–H groups in total. The molecule has 0 heterocycles. The summed E-state index contributed by atoms with van der Waals surface area (Å²) in [5.74, 6) is 0. The third-order valence-corrected chi connectivity index (χ3v) is 0. The van der Waals surface area contributed by atoms with Crippen LogP contribution < -0.4 is 0 Å². The molecule has 4 nitrogen and oxygen atoms in total. The molecule has 0 fully saturated rings. The Morgan fingerprint density at radius 1 is 0.600 bits per heavy atom. The van der Waals surface area contributed by atoms with Crippen LogP contribution in [-0.2, 0) is 5.48 Å². The molecule has 0 atom stereocenters. The van der Waals surface area contributed by atoms with Gasteiger partial charge in [0.2, 0.25) is 0 Å². The summed E-state index contributed by atoms with van der Waals surface area (Å²) in [6, 6.07) is 0. The van der Waals surface area contributed by atoms with Gasteiger partial charge in [0.15, 0.2) is 0 Å². The van der Waals surface area contributed by atoms with Crippen molar-refractivity contribution in [1.29, 1.82) is 0 Å². The molecule has 0 saturated carbocycles. The molecule has 0 aromatic carbocycles. The van der Waals surface area contributed by atoms with Gasteiger partial charge in [0.1, 0.15) is 0 Å². The van der Waals surface area contributed by atoms with Crippen molar-refractivity contribution in [3.8, 4) is 0 Å². The zero-order valence-corrected chi connectivity index (χ0v) is 3.64. The highest BCUT2D eigenvalue weighted by molar-refractivity contribution is 5.75. The fourth-order valence-corrected chi connectivity index (χ4v) is 0. The second-order valence-electron chi connectivity index (χ2n) is 0. The fourth-order valence-electron chi connectivity index (χ4n) is 0. The van der Waals surface area contributed by atoms with Crippen LogP contribution in [0.15, 0.2) is 0 Å². The van der Waals surface area contributed by atoms with E-state index < -0.39 is 0 Å². The van der Waals surface area contributed by atoms with E-state index in [0.717, 1.165) is 0 Å². The SMILES string of the molecule is O.O.O.[Al].[O-2]. The van der Waals surface area contributed by atoms with E-state index in [1.54, 1.807) is 0 Å². The Morgan fingerprint density at radius 3 is 0.600 bits per heavy atom. The van der Waals surface area contributed by atoms with Crippen LogP contribution >= 0.6 is 0 Å². The van der Waals surface area contributed by atoms with Gasteiger partial charge in [-0.05, 0) is 0 Å². The summed E-state index contributed by atoms with van der Waals surface area (Å²) in [7, 11) is 0. The minimum absolute atomic E-state index is 0. The summed E-state index contributed by atoms with van der Waals surface area (Å²) < 4.78 is 0. The van der Waals surface area contributed by atoms with Crippen LogP contribution in [0.2, 0.25) is 0 Å². The van der Waals surface area contributed by atoms with E-state index in [1.165, 1.54) is 0 Å². The van der Waals surface area contributed by atoms with Gasteiger partial charge in [-0.25, -0.2) is 0 Å². The normalized spacial score (nSPS) is 0. The molecule has 0 aliphatic heterocycles. The Labute approximate surface area is 40.2 Å². The van der Waals surface area contributed by atoms with E-state index in [1.807, 2.05) is 0 Å². The zero-order valence-electron chi connectivity index (χ0n) is 2.49. The van der Waals surface area contributed by atoms with Crippen LogP contribution in [0.3, 0.4) is 0 Å². The van der Waals surface area contributed by atoms with Crippen molar-refractivity contribution in [2.45, 2.75) is 0 Å². The average Bonchev–Trinajstić information content (AvgIpc) is 0. The van der Waals surface area contributed by atoms with Gasteiger partial charge in [0, 0.05) is 17.4 Å². The van der Waals surface area contributed by atoms with Crippen molar-refractivity contribution >= 4 is 17.4 Å². The van der Waals surface area contributed by atoms with Crippen LogP contribution in [0, 0.1) is 0 Å².